The van der Waals surface area contributed by atoms with Gasteiger partial charge in [-0.05, 0) is 14.0 Å². The topological polar surface area (TPSA) is 161 Å². The van der Waals surface area contributed by atoms with Crippen molar-refractivity contribution in [1.82, 2.24) is 35.6 Å². The minimum absolute atomic E-state index is 0.147. The molecule has 0 aromatic carbocycles. The van der Waals surface area contributed by atoms with Crippen molar-refractivity contribution in [3.05, 3.63) is 50.6 Å². The number of hydrogen-bond acceptors (Lipinski definition) is 10. The first kappa shape index (κ1) is 25.4. The normalized spacial score (nSPS) is 12.3. The SMILES string of the molecule is CNCc1c(N)ncnc1C(=O)NC(C)c1ncc(C(=O)Nc2ncc(Cl)c(C(C)(C)C)n2)s1. The van der Waals surface area contributed by atoms with Gasteiger partial charge in [0.15, 0.2) is 0 Å². The summed E-state index contributed by atoms with van der Waals surface area (Å²) >= 11 is 7.34. The Hall–Kier alpha value is -3.22. The summed E-state index contributed by atoms with van der Waals surface area (Å²) in [6, 6.07) is -0.475. The first-order valence-electron chi connectivity index (χ1n) is 10.4. The lowest BCUT2D eigenvalue weighted by molar-refractivity contribution is 0.0932. The summed E-state index contributed by atoms with van der Waals surface area (Å²) in [7, 11) is 1.73. The van der Waals surface area contributed by atoms with Crippen molar-refractivity contribution in [3.8, 4) is 0 Å². The predicted octanol–water partition coefficient (Wildman–Crippen LogP) is 2.72. The summed E-state index contributed by atoms with van der Waals surface area (Å²) in [5.74, 6) is -0.454. The van der Waals surface area contributed by atoms with Crippen molar-refractivity contribution in [2.45, 2.75) is 45.7 Å². The average Bonchev–Trinajstić information content (AvgIpc) is 3.26. The van der Waals surface area contributed by atoms with Crippen LogP contribution in [-0.2, 0) is 12.0 Å². The van der Waals surface area contributed by atoms with E-state index in [1.807, 2.05) is 20.8 Å². The van der Waals surface area contributed by atoms with Crippen molar-refractivity contribution in [1.29, 1.82) is 0 Å². The third-order valence-electron chi connectivity index (χ3n) is 4.69. The lowest BCUT2D eigenvalue weighted by Crippen LogP contribution is -2.29. The van der Waals surface area contributed by atoms with Gasteiger partial charge < -0.3 is 16.4 Å². The Kier molecular flexibility index (Phi) is 7.75. The van der Waals surface area contributed by atoms with E-state index in [1.54, 1.807) is 14.0 Å². The molecule has 0 saturated carbocycles. The summed E-state index contributed by atoms with van der Waals surface area (Å²) in [5.41, 5.74) is 6.88. The Morgan fingerprint density at radius 1 is 1.15 bits per heavy atom. The summed E-state index contributed by atoms with van der Waals surface area (Å²) in [5, 5.41) is 9.42. The Balaban J connectivity index is 1.71. The molecule has 11 nitrogen and oxygen atoms in total. The van der Waals surface area contributed by atoms with Crippen molar-refractivity contribution < 1.29 is 9.59 Å². The fourth-order valence-corrected chi connectivity index (χ4v) is 4.20. The van der Waals surface area contributed by atoms with E-state index in [4.69, 9.17) is 17.3 Å². The predicted molar refractivity (Wildman–Crippen MR) is 131 cm³/mol. The minimum atomic E-state index is -0.475. The summed E-state index contributed by atoms with van der Waals surface area (Å²) in [6.45, 7) is 8.01. The number of carbonyl (C=O) groups excluding carboxylic acids is 2. The van der Waals surface area contributed by atoms with E-state index in [-0.39, 0.29) is 22.9 Å². The zero-order valence-corrected chi connectivity index (χ0v) is 21.0. The average molecular weight is 504 g/mol. The van der Waals surface area contributed by atoms with Gasteiger partial charge in [-0.25, -0.2) is 24.9 Å². The number of anilines is 2. The molecule has 0 aliphatic rings. The fourth-order valence-electron chi connectivity index (χ4n) is 3.01. The zero-order valence-electron chi connectivity index (χ0n) is 19.4. The molecule has 0 aliphatic heterocycles. The molecular weight excluding hydrogens is 478 g/mol. The highest BCUT2D eigenvalue weighted by molar-refractivity contribution is 7.13. The van der Waals surface area contributed by atoms with Crippen LogP contribution in [0.5, 0.6) is 0 Å². The number of rotatable bonds is 7. The maximum atomic E-state index is 12.8. The van der Waals surface area contributed by atoms with Crippen LogP contribution in [-0.4, -0.2) is 43.8 Å². The van der Waals surface area contributed by atoms with Crippen LogP contribution in [0.3, 0.4) is 0 Å². The molecule has 34 heavy (non-hydrogen) atoms. The van der Waals surface area contributed by atoms with Gasteiger partial charge in [0.2, 0.25) is 5.95 Å². The van der Waals surface area contributed by atoms with E-state index in [0.717, 1.165) is 11.3 Å². The number of thiazole rings is 1. The first-order valence-corrected chi connectivity index (χ1v) is 11.6. The van der Waals surface area contributed by atoms with Gasteiger partial charge in [0, 0.05) is 17.5 Å². The van der Waals surface area contributed by atoms with Gasteiger partial charge in [-0.15, -0.1) is 11.3 Å². The lowest BCUT2D eigenvalue weighted by Gasteiger charge is -2.19. The lowest BCUT2D eigenvalue weighted by atomic mass is 9.92. The van der Waals surface area contributed by atoms with Crippen LogP contribution in [0, 0.1) is 0 Å². The third-order valence-corrected chi connectivity index (χ3v) is 6.15. The fraction of sp³-hybridized carbons (Fsp3) is 0.381. The van der Waals surface area contributed by atoms with E-state index >= 15 is 0 Å². The Labute approximate surface area is 206 Å². The van der Waals surface area contributed by atoms with Crippen LogP contribution in [0.15, 0.2) is 18.7 Å². The smallest absolute Gasteiger partial charge is 0.270 e. The molecule has 2 amide bonds. The van der Waals surface area contributed by atoms with Crippen LogP contribution in [0.25, 0.3) is 0 Å². The van der Waals surface area contributed by atoms with Gasteiger partial charge in [0.25, 0.3) is 11.8 Å². The van der Waals surface area contributed by atoms with E-state index in [9.17, 15) is 9.59 Å². The standard InChI is InChI=1S/C21H26ClN9O2S/c1-10(29-18(33)14-11(6-24-5)16(23)28-9-27-14)19-25-8-13(34-19)17(32)31-20-26-7-12(22)15(30-20)21(2,3)4/h7-10,24H,6H2,1-5H3,(H,29,33)(H2,23,27,28)(H,26,30,31,32). The highest BCUT2D eigenvalue weighted by Crippen LogP contribution is 2.28. The molecule has 13 heteroatoms. The molecule has 3 rings (SSSR count). The number of carbonyl (C=O) groups is 2. The molecule has 0 spiro atoms. The maximum absolute atomic E-state index is 12.8. The van der Waals surface area contributed by atoms with Crippen LogP contribution >= 0.6 is 22.9 Å². The quantitative estimate of drug-likeness (QED) is 0.379. The molecule has 1 unspecified atom stereocenters. The highest BCUT2D eigenvalue weighted by atomic mass is 35.5. The molecule has 180 valence electrons. The Morgan fingerprint density at radius 2 is 1.88 bits per heavy atom. The number of halogens is 1. The monoisotopic (exact) mass is 503 g/mol. The molecule has 0 saturated heterocycles. The summed E-state index contributed by atoms with van der Waals surface area (Å²) in [4.78, 5) is 46.6. The second-order valence-electron chi connectivity index (χ2n) is 8.47. The number of nitrogens with two attached hydrogens (primary N) is 1. The largest absolute Gasteiger partial charge is 0.383 e. The molecule has 3 heterocycles. The summed E-state index contributed by atoms with van der Waals surface area (Å²) < 4.78 is 0. The third kappa shape index (κ3) is 5.82. The Morgan fingerprint density at radius 3 is 2.56 bits per heavy atom. The molecule has 0 bridgehead atoms. The van der Waals surface area contributed by atoms with Gasteiger partial charge in [-0.3, -0.25) is 14.9 Å². The van der Waals surface area contributed by atoms with Crippen molar-refractivity contribution in [3.63, 3.8) is 0 Å². The maximum Gasteiger partial charge on any atom is 0.270 e. The van der Waals surface area contributed by atoms with E-state index < -0.39 is 17.9 Å². The summed E-state index contributed by atoms with van der Waals surface area (Å²) in [6.07, 6.45) is 4.14. The molecule has 0 radical (unpaired) electrons. The number of amides is 2. The molecule has 1 atom stereocenters. The molecule has 0 fully saturated rings. The molecular formula is C21H26ClN9O2S. The minimum Gasteiger partial charge on any atom is -0.383 e. The number of nitrogens with zero attached hydrogens (tertiary/aromatic N) is 5. The number of aromatic nitrogens is 5. The second kappa shape index (κ2) is 10.4. The number of nitrogens with one attached hydrogen (secondary N) is 3. The second-order valence-corrected chi connectivity index (χ2v) is 9.94. The zero-order chi connectivity index (χ0) is 25.0. The van der Waals surface area contributed by atoms with E-state index in [1.165, 1.54) is 18.7 Å². The van der Waals surface area contributed by atoms with Gasteiger partial charge >= 0.3 is 0 Å². The van der Waals surface area contributed by atoms with E-state index in [2.05, 4.69) is 40.9 Å². The van der Waals surface area contributed by atoms with Crippen molar-refractivity contribution >= 4 is 46.5 Å². The molecule has 0 aliphatic carbocycles. The van der Waals surface area contributed by atoms with Crippen LogP contribution in [0.2, 0.25) is 5.02 Å². The highest BCUT2D eigenvalue weighted by Gasteiger charge is 2.23. The number of hydrogen-bond donors (Lipinski definition) is 4. The van der Waals surface area contributed by atoms with Crippen LogP contribution < -0.4 is 21.7 Å². The van der Waals surface area contributed by atoms with Crippen molar-refractivity contribution in [2.75, 3.05) is 18.1 Å². The van der Waals surface area contributed by atoms with Gasteiger partial charge in [0.1, 0.15) is 27.7 Å². The molecule has 3 aromatic rings. The van der Waals surface area contributed by atoms with Crippen molar-refractivity contribution in [2.24, 2.45) is 0 Å². The molecule has 3 aromatic heterocycles. The van der Waals surface area contributed by atoms with Crippen LogP contribution in [0.1, 0.15) is 70.2 Å². The first-order chi connectivity index (χ1) is 16.0. The van der Waals surface area contributed by atoms with Gasteiger partial charge in [-0.2, -0.15) is 0 Å². The van der Waals surface area contributed by atoms with E-state index in [0.29, 0.717) is 32.7 Å². The van der Waals surface area contributed by atoms with Gasteiger partial charge in [-0.1, -0.05) is 32.4 Å². The Bertz CT molecular complexity index is 1210. The van der Waals surface area contributed by atoms with Gasteiger partial charge in [0.05, 0.1) is 29.2 Å². The van der Waals surface area contributed by atoms with Crippen LogP contribution in [0.4, 0.5) is 11.8 Å². The number of nitrogen functional groups attached to an aromatic ring is 1. The molecule has 5 N–H and O–H groups in total.